The molecule has 1 aromatic carbocycles. The lowest BCUT2D eigenvalue weighted by Gasteiger charge is -2.14. The van der Waals surface area contributed by atoms with E-state index < -0.39 is 18.9 Å². The topological polar surface area (TPSA) is 50.7 Å². The summed E-state index contributed by atoms with van der Waals surface area (Å²) in [4.78, 5) is 4.15. The molecule has 0 heterocycles. The molecule has 0 bridgehead atoms. The number of nitrogens with one attached hydrogen (secondary N) is 1. The maximum atomic E-state index is 11.7. The van der Waals surface area contributed by atoms with Gasteiger partial charge in [-0.3, -0.25) is 4.84 Å². The quantitative estimate of drug-likeness (QED) is 0.590. The molecule has 7 heteroatoms. The van der Waals surface area contributed by atoms with Crippen LogP contribution in [0.4, 0.5) is 13.2 Å². The largest absolute Gasteiger partial charge is 0.491 e. The maximum absolute atomic E-state index is 11.7. The van der Waals surface area contributed by atoms with E-state index >= 15 is 0 Å². The Kier molecular flexibility index (Phi) is 6.07. The van der Waals surface area contributed by atoms with Gasteiger partial charge >= 0.3 is 6.18 Å². The molecule has 0 radical (unpaired) electrons. The van der Waals surface area contributed by atoms with Gasteiger partial charge in [0, 0.05) is 0 Å². The minimum atomic E-state index is -4.39. The average Bonchev–Trinajstić information content (AvgIpc) is 2.32. The molecule has 108 valence electrons. The number of ether oxygens (including phenoxy) is 1. The first-order chi connectivity index (χ1) is 8.88. The predicted octanol–water partition coefficient (Wildman–Crippen LogP) is 1.82. The van der Waals surface area contributed by atoms with Gasteiger partial charge in [0.25, 0.3) is 0 Å². The highest BCUT2D eigenvalue weighted by Crippen LogP contribution is 2.16. The first-order valence-corrected chi connectivity index (χ1v) is 5.66. The number of alkyl halides is 3. The third-order valence-corrected chi connectivity index (χ3v) is 2.18. The number of rotatable bonds is 7. The van der Waals surface area contributed by atoms with Gasteiger partial charge in [0.15, 0.2) is 6.61 Å². The van der Waals surface area contributed by atoms with Crippen molar-refractivity contribution in [3.8, 4) is 5.75 Å². The molecule has 4 nitrogen and oxygen atoms in total. The van der Waals surface area contributed by atoms with Gasteiger partial charge in [-0.2, -0.15) is 18.7 Å². The number of hydrogen-bond donors (Lipinski definition) is 2. The zero-order valence-corrected chi connectivity index (χ0v) is 10.4. The summed E-state index contributed by atoms with van der Waals surface area (Å²) in [6.07, 6.45) is -5.36. The summed E-state index contributed by atoms with van der Waals surface area (Å²) in [6.45, 7) is 0.264. The molecule has 0 aromatic heterocycles. The van der Waals surface area contributed by atoms with Gasteiger partial charge in [-0.1, -0.05) is 18.2 Å². The Morgan fingerprint density at radius 2 is 2.00 bits per heavy atom. The number of halogens is 3. The van der Waals surface area contributed by atoms with Gasteiger partial charge in [0.05, 0.1) is 6.54 Å². The van der Waals surface area contributed by atoms with Crippen molar-refractivity contribution < 1.29 is 27.9 Å². The Bertz CT molecular complexity index is 385. The van der Waals surface area contributed by atoms with Gasteiger partial charge in [0.2, 0.25) is 0 Å². The summed E-state index contributed by atoms with van der Waals surface area (Å²) in [5, 5.41) is 9.48. The van der Waals surface area contributed by atoms with E-state index in [2.05, 4.69) is 4.84 Å². The Morgan fingerprint density at radius 3 is 2.63 bits per heavy atom. The monoisotopic (exact) mass is 279 g/mol. The van der Waals surface area contributed by atoms with E-state index in [4.69, 9.17) is 4.74 Å². The van der Waals surface area contributed by atoms with Crippen LogP contribution >= 0.6 is 0 Å². The Hall–Kier alpha value is -1.31. The average molecular weight is 279 g/mol. The molecule has 0 amide bonds. The number of hydrogen-bond acceptors (Lipinski definition) is 4. The molecule has 0 saturated carbocycles. The summed E-state index contributed by atoms with van der Waals surface area (Å²) in [5.74, 6) is 0.623. The number of aliphatic hydroxyl groups excluding tert-OH is 1. The van der Waals surface area contributed by atoms with Crippen molar-refractivity contribution in [2.24, 2.45) is 0 Å². The van der Waals surface area contributed by atoms with Crippen molar-refractivity contribution in [1.82, 2.24) is 5.48 Å². The molecule has 1 aromatic rings. The second kappa shape index (κ2) is 7.32. The van der Waals surface area contributed by atoms with Crippen LogP contribution in [0.5, 0.6) is 5.75 Å². The molecule has 0 aliphatic rings. The van der Waals surface area contributed by atoms with Crippen molar-refractivity contribution >= 4 is 0 Å². The second-order valence-corrected chi connectivity index (χ2v) is 3.98. The molecule has 0 fully saturated rings. The van der Waals surface area contributed by atoms with Crippen molar-refractivity contribution in [3.05, 3.63) is 29.8 Å². The van der Waals surface area contributed by atoms with Gasteiger partial charge < -0.3 is 9.84 Å². The first-order valence-electron chi connectivity index (χ1n) is 5.66. The second-order valence-electron chi connectivity index (χ2n) is 3.98. The predicted molar refractivity (Wildman–Crippen MR) is 62.7 cm³/mol. The van der Waals surface area contributed by atoms with Crippen molar-refractivity contribution in [2.75, 3.05) is 19.8 Å². The molecular formula is C12H16F3NO3. The van der Waals surface area contributed by atoms with Gasteiger partial charge in [0.1, 0.15) is 18.5 Å². The molecule has 19 heavy (non-hydrogen) atoms. The van der Waals surface area contributed by atoms with E-state index in [1.165, 1.54) is 0 Å². The number of para-hydroxylation sites is 1. The van der Waals surface area contributed by atoms with Crippen LogP contribution in [0.1, 0.15) is 5.56 Å². The lowest BCUT2D eigenvalue weighted by Crippen LogP contribution is -2.34. The summed E-state index contributed by atoms with van der Waals surface area (Å²) >= 11 is 0. The van der Waals surface area contributed by atoms with Crippen molar-refractivity contribution in [2.45, 2.75) is 19.2 Å². The molecule has 1 atom stereocenters. The Balaban J connectivity index is 2.18. The van der Waals surface area contributed by atoms with E-state index in [1.807, 2.05) is 24.5 Å². The summed E-state index contributed by atoms with van der Waals surface area (Å²) in [5.41, 5.74) is 2.96. The highest BCUT2D eigenvalue weighted by atomic mass is 19.4. The third kappa shape index (κ3) is 7.00. The van der Waals surface area contributed by atoms with Crippen molar-refractivity contribution in [1.29, 1.82) is 0 Å². The lowest BCUT2D eigenvalue weighted by molar-refractivity contribution is -0.191. The highest BCUT2D eigenvalue weighted by Gasteiger charge is 2.27. The van der Waals surface area contributed by atoms with Crippen LogP contribution in [0, 0.1) is 6.92 Å². The van der Waals surface area contributed by atoms with E-state index in [-0.39, 0.29) is 13.2 Å². The molecule has 0 spiro atoms. The fourth-order valence-corrected chi connectivity index (χ4v) is 1.25. The van der Waals surface area contributed by atoms with Gasteiger partial charge in [-0.05, 0) is 18.6 Å². The lowest BCUT2D eigenvalue weighted by atomic mass is 10.2. The zero-order valence-electron chi connectivity index (χ0n) is 10.4. The van der Waals surface area contributed by atoms with Crippen LogP contribution < -0.4 is 10.2 Å². The maximum Gasteiger partial charge on any atom is 0.413 e. The van der Waals surface area contributed by atoms with Crippen LogP contribution in [-0.2, 0) is 4.84 Å². The highest BCUT2D eigenvalue weighted by molar-refractivity contribution is 5.31. The molecule has 0 aliphatic carbocycles. The summed E-state index contributed by atoms with van der Waals surface area (Å²) < 4.78 is 40.6. The fraction of sp³-hybridized carbons (Fsp3) is 0.500. The number of hydroxylamine groups is 1. The zero-order chi connectivity index (χ0) is 14.3. The molecular weight excluding hydrogens is 263 g/mol. The molecule has 1 unspecified atom stereocenters. The summed E-state index contributed by atoms with van der Waals surface area (Å²) in [6, 6.07) is 7.24. The SMILES string of the molecule is Cc1ccccc1OCC(O)CNOCC(F)(F)F. The molecule has 0 aliphatic heterocycles. The van der Waals surface area contributed by atoms with E-state index in [1.54, 1.807) is 12.1 Å². The first kappa shape index (κ1) is 15.7. The van der Waals surface area contributed by atoms with Gasteiger partial charge in [-0.15, -0.1) is 0 Å². The molecule has 0 saturated heterocycles. The smallest absolute Gasteiger partial charge is 0.413 e. The minimum absolute atomic E-state index is 0.0345. The Morgan fingerprint density at radius 1 is 1.32 bits per heavy atom. The number of aliphatic hydroxyl groups is 1. The van der Waals surface area contributed by atoms with Crippen LogP contribution in [-0.4, -0.2) is 37.1 Å². The Labute approximate surface area is 109 Å². The number of benzene rings is 1. The van der Waals surface area contributed by atoms with Gasteiger partial charge in [-0.25, -0.2) is 0 Å². The standard InChI is InChI=1S/C12H16F3NO3/c1-9-4-2-3-5-11(9)18-7-10(17)6-16-19-8-12(13,14)15/h2-5,10,16-17H,6-8H2,1H3. The third-order valence-electron chi connectivity index (χ3n) is 2.18. The fourth-order valence-electron chi connectivity index (χ4n) is 1.25. The minimum Gasteiger partial charge on any atom is -0.491 e. The van der Waals surface area contributed by atoms with Crippen LogP contribution in [0.2, 0.25) is 0 Å². The molecule has 1 rings (SSSR count). The van der Waals surface area contributed by atoms with Crippen LogP contribution in [0.25, 0.3) is 0 Å². The van der Waals surface area contributed by atoms with Crippen LogP contribution in [0.15, 0.2) is 24.3 Å². The molecule has 2 N–H and O–H groups in total. The van der Waals surface area contributed by atoms with E-state index in [9.17, 15) is 18.3 Å². The van der Waals surface area contributed by atoms with E-state index in [0.29, 0.717) is 5.75 Å². The van der Waals surface area contributed by atoms with E-state index in [0.717, 1.165) is 5.56 Å². The normalized spacial score (nSPS) is 13.3. The summed E-state index contributed by atoms with van der Waals surface area (Å²) in [7, 11) is 0. The number of aryl methyl sites for hydroxylation is 1. The van der Waals surface area contributed by atoms with Crippen molar-refractivity contribution in [3.63, 3.8) is 0 Å². The van der Waals surface area contributed by atoms with Crippen LogP contribution in [0.3, 0.4) is 0 Å².